The molecule has 2 heterocycles. The van der Waals surface area contributed by atoms with E-state index in [-0.39, 0.29) is 17.9 Å². The maximum Gasteiger partial charge on any atom is 0.416 e. The molecule has 0 radical (unpaired) electrons. The van der Waals surface area contributed by atoms with Gasteiger partial charge in [0.2, 0.25) is 0 Å². The number of carbonyl (C=O) groups excluding carboxylic acids is 1. The number of hydrogen-bond donors (Lipinski definition) is 3. The molecule has 0 saturated carbocycles. The SMILES string of the molecule is CC(C)(CNC(=O)c1ncc(-c2cnn(-c3cccc(C(F)(F)F)c3)c2)cc1O)C(=O)O. The third kappa shape index (κ3) is 4.88. The van der Waals surface area contributed by atoms with Gasteiger partial charge in [0.25, 0.3) is 5.91 Å². The molecule has 0 atom stereocenters. The van der Waals surface area contributed by atoms with Crippen LogP contribution < -0.4 is 5.32 Å². The van der Waals surface area contributed by atoms with Gasteiger partial charge in [0, 0.05) is 30.1 Å². The summed E-state index contributed by atoms with van der Waals surface area (Å²) in [6, 6.07) is 5.91. The highest BCUT2D eigenvalue weighted by Gasteiger charge is 2.31. The van der Waals surface area contributed by atoms with Crippen LogP contribution in [0.25, 0.3) is 16.8 Å². The first kappa shape index (κ1) is 22.8. The van der Waals surface area contributed by atoms with Gasteiger partial charge in [0.05, 0.1) is 22.9 Å². The third-order valence-corrected chi connectivity index (χ3v) is 4.71. The van der Waals surface area contributed by atoms with Gasteiger partial charge in [0.15, 0.2) is 5.69 Å². The molecule has 2 aromatic heterocycles. The summed E-state index contributed by atoms with van der Waals surface area (Å²) in [6.45, 7) is 2.70. The third-order valence-electron chi connectivity index (χ3n) is 4.71. The predicted octanol–water partition coefficient (Wildman–Crippen LogP) is 3.50. The Bertz CT molecular complexity index is 1170. The molecule has 32 heavy (non-hydrogen) atoms. The van der Waals surface area contributed by atoms with Crippen LogP contribution in [0.15, 0.2) is 48.9 Å². The molecule has 0 unspecified atom stereocenters. The number of pyridine rings is 1. The molecule has 3 rings (SSSR count). The Hall–Kier alpha value is -3.89. The van der Waals surface area contributed by atoms with Crippen molar-refractivity contribution in [3.05, 3.63) is 60.2 Å². The van der Waals surface area contributed by atoms with Gasteiger partial charge >= 0.3 is 12.1 Å². The van der Waals surface area contributed by atoms with Crippen LogP contribution in [0.1, 0.15) is 29.9 Å². The van der Waals surface area contributed by atoms with E-state index in [9.17, 15) is 27.9 Å². The van der Waals surface area contributed by atoms with E-state index in [0.29, 0.717) is 11.1 Å². The average molecular weight is 448 g/mol. The fraction of sp³-hybridized carbons (Fsp3) is 0.238. The molecule has 3 aromatic rings. The highest BCUT2D eigenvalue weighted by molar-refractivity contribution is 5.95. The Morgan fingerprint density at radius 1 is 1.12 bits per heavy atom. The molecule has 11 heteroatoms. The molecular weight excluding hydrogens is 429 g/mol. The van der Waals surface area contributed by atoms with Gasteiger partial charge in [-0.15, -0.1) is 0 Å². The summed E-state index contributed by atoms with van der Waals surface area (Å²) in [7, 11) is 0. The first-order valence-corrected chi connectivity index (χ1v) is 9.32. The standard InChI is InChI=1S/C21H19F3N4O4/c1-20(2,19(31)32)11-26-18(30)17-16(29)6-12(8-25-17)13-9-27-28(10-13)15-5-3-4-14(7-15)21(22,23)24/h3-10,29H,11H2,1-2H3,(H,26,30)(H,31,32). The fourth-order valence-electron chi connectivity index (χ4n) is 2.68. The van der Waals surface area contributed by atoms with Crippen LogP contribution >= 0.6 is 0 Å². The molecule has 168 valence electrons. The number of amides is 1. The maximum absolute atomic E-state index is 12.9. The highest BCUT2D eigenvalue weighted by Crippen LogP contribution is 2.31. The zero-order valence-electron chi connectivity index (χ0n) is 17.0. The van der Waals surface area contributed by atoms with E-state index < -0.39 is 34.8 Å². The van der Waals surface area contributed by atoms with Crippen LogP contribution in [0.2, 0.25) is 0 Å². The van der Waals surface area contributed by atoms with Crippen molar-refractivity contribution in [2.75, 3.05) is 6.54 Å². The number of nitrogens with zero attached hydrogens (tertiary/aromatic N) is 3. The van der Waals surface area contributed by atoms with E-state index in [4.69, 9.17) is 5.11 Å². The van der Waals surface area contributed by atoms with Crippen LogP contribution in [0.3, 0.4) is 0 Å². The minimum atomic E-state index is -4.49. The van der Waals surface area contributed by atoms with Crippen molar-refractivity contribution in [2.24, 2.45) is 5.41 Å². The fourth-order valence-corrected chi connectivity index (χ4v) is 2.68. The summed E-state index contributed by atoms with van der Waals surface area (Å²) < 4.78 is 40.0. The lowest BCUT2D eigenvalue weighted by Gasteiger charge is -2.19. The number of hydrogen-bond acceptors (Lipinski definition) is 5. The first-order chi connectivity index (χ1) is 14.9. The summed E-state index contributed by atoms with van der Waals surface area (Å²) in [4.78, 5) is 27.3. The van der Waals surface area contributed by atoms with Crippen LogP contribution in [0, 0.1) is 5.41 Å². The second-order valence-electron chi connectivity index (χ2n) is 7.69. The normalized spacial score (nSPS) is 11.9. The van der Waals surface area contributed by atoms with Crippen molar-refractivity contribution < 1.29 is 33.0 Å². The van der Waals surface area contributed by atoms with Gasteiger partial charge in [-0.3, -0.25) is 9.59 Å². The lowest BCUT2D eigenvalue weighted by molar-refractivity contribution is -0.146. The molecule has 8 nitrogen and oxygen atoms in total. The molecule has 1 amide bonds. The number of rotatable bonds is 6. The van der Waals surface area contributed by atoms with Crippen LogP contribution in [0.5, 0.6) is 5.75 Å². The van der Waals surface area contributed by atoms with Gasteiger partial charge in [0.1, 0.15) is 5.75 Å². The molecule has 0 aliphatic rings. The van der Waals surface area contributed by atoms with Crippen molar-refractivity contribution >= 4 is 11.9 Å². The summed E-state index contributed by atoms with van der Waals surface area (Å²) in [6.07, 6.45) is -0.352. The summed E-state index contributed by atoms with van der Waals surface area (Å²) in [5, 5.41) is 25.8. The number of aliphatic carboxylic acids is 1. The largest absolute Gasteiger partial charge is 0.505 e. The quantitative estimate of drug-likeness (QED) is 0.531. The Balaban J connectivity index is 1.80. The van der Waals surface area contributed by atoms with Crippen LogP contribution in [0.4, 0.5) is 13.2 Å². The zero-order valence-corrected chi connectivity index (χ0v) is 17.0. The Morgan fingerprint density at radius 2 is 1.84 bits per heavy atom. The molecule has 0 fully saturated rings. The van der Waals surface area contributed by atoms with Gasteiger partial charge in [-0.05, 0) is 38.1 Å². The van der Waals surface area contributed by atoms with Crippen molar-refractivity contribution in [3.8, 4) is 22.6 Å². The smallest absolute Gasteiger partial charge is 0.416 e. The van der Waals surface area contributed by atoms with Gasteiger partial charge < -0.3 is 15.5 Å². The van der Waals surface area contributed by atoms with E-state index in [2.05, 4.69) is 15.4 Å². The van der Waals surface area contributed by atoms with Crippen molar-refractivity contribution in [2.45, 2.75) is 20.0 Å². The number of nitrogens with one attached hydrogen (secondary N) is 1. The molecule has 0 bridgehead atoms. The Kier molecular flexibility index (Phi) is 5.93. The van der Waals surface area contributed by atoms with Crippen LogP contribution in [-0.4, -0.2) is 43.4 Å². The second kappa shape index (κ2) is 8.33. The number of halogens is 3. The second-order valence-corrected chi connectivity index (χ2v) is 7.69. The number of carbonyl (C=O) groups is 2. The van der Waals surface area contributed by atoms with Gasteiger partial charge in [-0.2, -0.15) is 18.3 Å². The van der Waals surface area contributed by atoms with Crippen molar-refractivity contribution in [1.29, 1.82) is 0 Å². The lowest BCUT2D eigenvalue weighted by Crippen LogP contribution is -2.39. The summed E-state index contributed by atoms with van der Waals surface area (Å²) in [5.41, 5.74) is -1.29. The molecule has 1 aromatic carbocycles. The maximum atomic E-state index is 12.9. The van der Waals surface area contributed by atoms with Crippen molar-refractivity contribution in [1.82, 2.24) is 20.1 Å². The predicted molar refractivity (Wildman–Crippen MR) is 107 cm³/mol. The Morgan fingerprint density at radius 3 is 2.47 bits per heavy atom. The lowest BCUT2D eigenvalue weighted by atomic mass is 9.94. The molecule has 3 N–H and O–H groups in total. The first-order valence-electron chi connectivity index (χ1n) is 9.32. The number of aromatic nitrogens is 3. The number of alkyl halides is 3. The van der Waals surface area contributed by atoms with Gasteiger partial charge in [-0.25, -0.2) is 9.67 Å². The minimum absolute atomic E-state index is 0.173. The minimum Gasteiger partial charge on any atom is -0.505 e. The number of carboxylic acid groups (broad SMARTS) is 1. The zero-order chi connectivity index (χ0) is 23.7. The van der Waals surface area contributed by atoms with E-state index in [1.807, 2.05) is 0 Å². The Labute approximate surface area is 180 Å². The highest BCUT2D eigenvalue weighted by atomic mass is 19.4. The monoisotopic (exact) mass is 448 g/mol. The topological polar surface area (TPSA) is 117 Å². The molecule has 0 aliphatic carbocycles. The number of aromatic hydroxyl groups is 1. The molecule has 0 spiro atoms. The van der Waals surface area contributed by atoms with Crippen LogP contribution in [-0.2, 0) is 11.0 Å². The number of carboxylic acids is 1. The van der Waals surface area contributed by atoms with E-state index in [0.717, 1.165) is 12.1 Å². The average Bonchev–Trinajstić information content (AvgIpc) is 3.22. The molecular formula is C21H19F3N4O4. The number of benzene rings is 1. The molecule has 0 aliphatic heterocycles. The molecule has 0 saturated heterocycles. The summed E-state index contributed by atoms with van der Waals surface area (Å²) >= 11 is 0. The van der Waals surface area contributed by atoms with E-state index in [1.165, 1.54) is 55.3 Å². The summed E-state index contributed by atoms with van der Waals surface area (Å²) in [5.74, 6) is -2.29. The van der Waals surface area contributed by atoms with E-state index >= 15 is 0 Å². The van der Waals surface area contributed by atoms with E-state index in [1.54, 1.807) is 0 Å². The van der Waals surface area contributed by atoms with Gasteiger partial charge in [-0.1, -0.05) is 6.07 Å². The van der Waals surface area contributed by atoms with Crippen molar-refractivity contribution in [3.63, 3.8) is 0 Å².